The van der Waals surface area contributed by atoms with Crippen molar-refractivity contribution in [1.82, 2.24) is 0 Å². The van der Waals surface area contributed by atoms with Crippen LogP contribution >= 0.6 is 0 Å². The maximum Gasteiger partial charge on any atom is 0.279 e. The van der Waals surface area contributed by atoms with Crippen LogP contribution in [0.25, 0.3) is 0 Å². The molecule has 0 radical (unpaired) electrons. The van der Waals surface area contributed by atoms with Crippen molar-refractivity contribution in [2.75, 3.05) is 0 Å². The number of aliphatic hydroxyl groups is 1. The molecule has 19 heavy (non-hydrogen) atoms. The van der Waals surface area contributed by atoms with E-state index in [-0.39, 0.29) is 10.6 Å². The van der Waals surface area contributed by atoms with Crippen LogP contribution in [0.2, 0.25) is 0 Å². The Morgan fingerprint density at radius 1 is 1.42 bits per heavy atom. The lowest BCUT2D eigenvalue weighted by atomic mass is 9.88. The highest BCUT2D eigenvalue weighted by atomic mass is 16.6. The Labute approximate surface area is 111 Å². The lowest BCUT2D eigenvalue weighted by Gasteiger charge is -2.22. The fraction of sp³-hybridized carbons (Fsp3) is 0.467. The van der Waals surface area contributed by atoms with Gasteiger partial charge >= 0.3 is 0 Å². The topological polar surface area (TPSA) is 63.4 Å². The summed E-state index contributed by atoms with van der Waals surface area (Å²) in [5, 5.41) is 22.2. The van der Waals surface area contributed by atoms with Crippen LogP contribution in [0.5, 0.6) is 0 Å². The zero-order valence-corrected chi connectivity index (χ0v) is 10.8. The summed E-state index contributed by atoms with van der Waals surface area (Å²) in [4.78, 5) is 11.2. The van der Waals surface area contributed by atoms with Crippen molar-refractivity contribution in [3.8, 4) is 0 Å². The average Bonchev–Trinajstić information content (AvgIpc) is 2.93. The van der Waals surface area contributed by atoms with Gasteiger partial charge < -0.3 is 5.11 Å². The molecule has 4 heteroatoms. The Morgan fingerprint density at radius 3 is 2.89 bits per heavy atom. The van der Waals surface area contributed by atoms with Gasteiger partial charge in [0.2, 0.25) is 0 Å². The maximum atomic E-state index is 11.5. The molecule has 0 amide bonds. The summed E-state index contributed by atoms with van der Waals surface area (Å²) in [7, 11) is 0. The minimum atomic E-state index is -1.10. The Kier molecular flexibility index (Phi) is 2.71. The zero-order chi connectivity index (χ0) is 13.6. The molecular formula is C15H17NO3. The summed E-state index contributed by atoms with van der Waals surface area (Å²) in [5.41, 5.74) is 2.53. The summed E-state index contributed by atoms with van der Waals surface area (Å²) in [6.07, 6.45) is 5.93. The molecule has 1 aromatic rings. The summed E-state index contributed by atoms with van der Waals surface area (Å²) in [6.45, 7) is 3.66. The van der Waals surface area contributed by atoms with Crippen molar-refractivity contribution < 1.29 is 10.0 Å². The van der Waals surface area contributed by atoms with Gasteiger partial charge in [-0.3, -0.25) is 10.1 Å². The van der Waals surface area contributed by atoms with Crippen LogP contribution < -0.4 is 0 Å². The van der Waals surface area contributed by atoms with E-state index in [1.807, 2.05) is 0 Å². The van der Waals surface area contributed by atoms with Crippen molar-refractivity contribution in [1.29, 1.82) is 0 Å². The van der Waals surface area contributed by atoms with Gasteiger partial charge in [0, 0.05) is 5.56 Å². The standard InChI is InChI=1S/C15H17NO3/c1-2-7-15(17)8-6-11-9-10-4-3-5-12(10)14(13(11)15)16(18)19/h2,9,17H,1,3-8H2. The Bertz CT molecular complexity index is 579. The second-order valence-corrected chi connectivity index (χ2v) is 5.53. The number of rotatable bonds is 3. The van der Waals surface area contributed by atoms with Crippen LogP contribution in [-0.4, -0.2) is 10.0 Å². The second kappa shape index (κ2) is 4.17. The van der Waals surface area contributed by atoms with Gasteiger partial charge in [0.15, 0.2) is 0 Å². The molecule has 4 nitrogen and oxygen atoms in total. The first-order valence-corrected chi connectivity index (χ1v) is 6.72. The lowest BCUT2D eigenvalue weighted by Crippen LogP contribution is -2.23. The number of aryl methyl sites for hydroxylation is 2. The molecule has 1 N–H and O–H groups in total. The smallest absolute Gasteiger partial charge is 0.279 e. The van der Waals surface area contributed by atoms with E-state index in [0.29, 0.717) is 24.8 Å². The van der Waals surface area contributed by atoms with E-state index in [4.69, 9.17) is 0 Å². The van der Waals surface area contributed by atoms with Crippen molar-refractivity contribution in [3.63, 3.8) is 0 Å². The molecule has 1 atom stereocenters. The highest BCUT2D eigenvalue weighted by Gasteiger charge is 2.44. The fourth-order valence-corrected chi connectivity index (χ4v) is 3.61. The number of nitro groups is 1. The summed E-state index contributed by atoms with van der Waals surface area (Å²) >= 11 is 0. The molecule has 0 bridgehead atoms. The van der Waals surface area contributed by atoms with Gasteiger partial charge in [0.25, 0.3) is 5.69 Å². The SMILES string of the molecule is C=CCC1(O)CCc2cc3c(c([N+](=O)[O-])c21)CCC3. The van der Waals surface area contributed by atoms with Crippen LogP contribution in [0.1, 0.15) is 41.5 Å². The van der Waals surface area contributed by atoms with Crippen LogP contribution in [0.4, 0.5) is 5.69 Å². The molecule has 0 fully saturated rings. The largest absolute Gasteiger partial charge is 0.385 e. The van der Waals surface area contributed by atoms with E-state index < -0.39 is 5.60 Å². The molecular weight excluding hydrogens is 242 g/mol. The third kappa shape index (κ3) is 1.70. The normalized spacial score (nSPS) is 24.1. The summed E-state index contributed by atoms with van der Waals surface area (Å²) < 4.78 is 0. The van der Waals surface area contributed by atoms with Crippen LogP contribution in [0, 0.1) is 10.1 Å². The molecule has 2 aliphatic rings. The van der Waals surface area contributed by atoms with E-state index in [2.05, 4.69) is 12.6 Å². The molecule has 0 saturated carbocycles. The first kappa shape index (κ1) is 12.4. The van der Waals surface area contributed by atoms with Crippen molar-refractivity contribution >= 4 is 5.69 Å². The van der Waals surface area contributed by atoms with Crippen LogP contribution in [0.3, 0.4) is 0 Å². The molecule has 0 aliphatic heterocycles. The van der Waals surface area contributed by atoms with E-state index in [9.17, 15) is 15.2 Å². The molecule has 1 aromatic carbocycles. The minimum Gasteiger partial charge on any atom is -0.385 e. The van der Waals surface area contributed by atoms with Crippen molar-refractivity contribution in [2.24, 2.45) is 0 Å². The number of benzene rings is 1. The average molecular weight is 259 g/mol. The molecule has 2 aliphatic carbocycles. The molecule has 0 saturated heterocycles. The van der Waals surface area contributed by atoms with E-state index in [1.165, 1.54) is 0 Å². The third-order valence-electron chi connectivity index (χ3n) is 4.39. The van der Waals surface area contributed by atoms with Gasteiger partial charge in [0.05, 0.1) is 10.5 Å². The second-order valence-electron chi connectivity index (χ2n) is 5.53. The van der Waals surface area contributed by atoms with Gasteiger partial charge in [-0.2, -0.15) is 0 Å². The third-order valence-corrected chi connectivity index (χ3v) is 4.39. The Hall–Kier alpha value is -1.68. The first-order valence-electron chi connectivity index (χ1n) is 6.72. The molecule has 0 aromatic heterocycles. The fourth-order valence-electron chi connectivity index (χ4n) is 3.61. The van der Waals surface area contributed by atoms with E-state index >= 15 is 0 Å². The van der Waals surface area contributed by atoms with E-state index in [0.717, 1.165) is 36.0 Å². The number of nitrogens with zero attached hydrogens (tertiary/aromatic N) is 1. The first-order chi connectivity index (χ1) is 9.07. The highest BCUT2D eigenvalue weighted by molar-refractivity contribution is 5.61. The molecule has 0 spiro atoms. The zero-order valence-electron chi connectivity index (χ0n) is 10.8. The van der Waals surface area contributed by atoms with Gasteiger partial charge in [-0.25, -0.2) is 0 Å². The van der Waals surface area contributed by atoms with E-state index in [1.54, 1.807) is 6.08 Å². The monoisotopic (exact) mass is 259 g/mol. The predicted molar refractivity (Wildman–Crippen MR) is 72.2 cm³/mol. The summed E-state index contributed by atoms with van der Waals surface area (Å²) in [6, 6.07) is 2.08. The predicted octanol–water partition coefficient (Wildman–Crippen LogP) is 2.79. The molecule has 100 valence electrons. The Balaban J connectivity index is 2.27. The Morgan fingerprint density at radius 2 is 2.21 bits per heavy atom. The van der Waals surface area contributed by atoms with Gasteiger partial charge in [-0.05, 0) is 49.7 Å². The number of hydrogen-bond acceptors (Lipinski definition) is 3. The van der Waals surface area contributed by atoms with Gasteiger partial charge in [0.1, 0.15) is 5.60 Å². The maximum absolute atomic E-state index is 11.5. The number of hydrogen-bond donors (Lipinski definition) is 1. The number of nitro benzene ring substituents is 1. The lowest BCUT2D eigenvalue weighted by molar-refractivity contribution is -0.387. The summed E-state index contributed by atoms with van der Waals surface area (Å²) in [5.74, 6) is 0. The highest BCUT2D eigenvalue weighted by Crippen LogP contribution is 2.48. The number of fused-ring (bicyclic) bond motifs is 2. The van der Waals surface area contributed by atoms with Crippen LogP contribution in [0.15, 0.2) is 18.7 Å². The van der Waals surface area contributed by atoms with Crippen molar-refractivity contribution in [2.45, 2.75) is 44.1 Å². The molecule has 1 unspecified atom stereocenters. The molecule has 0 heterocycles. The van der Waals surface area contributed by atoms with Crippen LogP contribution in [-0.2, 0) is 24.9 Å². The minimum absolute atomic E-state index is 0.173. The molecule has 3 rings (SSSR count). The van der Waals surface area contributed by atoms with Gasteiger partial charge in [-0.15, -0.1) is 6.58 Å². The van der Waals surface area contributed by atoms with Gasteiger partial charge in [-0.1, -0.05) is 12.1 Å². The van der Waals surface area contributed by atoms with Crippen molar-refractivity contribution in [3.05, 3.63) is 51.1 Å². The quantitative estimate of drug-likeness (QED) is 0.515.